The summed E-state index contributed by atoms with van der Waals surface area (Å²) in [4.78, 5) is 9.09. The Hall–Kier alpha value is -2.87. The lowest BCUT2D eigenvalue weighted by Gasteiger charge is -2.10. The molecule has 0 bridgehead atoms. The standard InChI is InChI=1S/C18H20N4O3S/c1-19-12-6-5-7-13(8-12)26(4,23)22-18-14-9-16(24-2)17(25-3)10-15(14)20-11-21-18/h5-11,19H,1-4H3. The van der Waals surface area contributed by atoms with E-state index in [1.54, 1.807) is 38.7 Å². The predicted molar refractivity (Wildman–Crippen MR) is 103 cm³/mol. The fourth-order valence-corrected chi connectivity index (χ4v) is 3.80. The van der Waals surface area contributed by atoms with Crippen LogP contribution in [0.4, 0.5) is 11.5 Å². The van der Waals surface area contributed by atoms with Gasteiger partial charge in [0.25, 0.3) is 0 Å². The van der Waals surface area contributed by atoms with Gasteiger partial charge in [-0.25, -0.2) is 14.2 Å². The number of rotatable bonds is 5. The SMILES string of the molecule is CNc1cccc(S(C)(=O)=Nc2ncnc3cc(OC)c(OC)cc23)c1. The molecule has 0 radical (unpaired) electrons. The molecule has 1 N–H and O–H groups in total. The molecule has 1 atom stereocenters. The molecule has 136 valence electrons. The quantitative estimate of drug-likeness (QED) is 0.738. The summed E-state index contributed by atoms with van der Waals surface area (Å²) in [6, 6.07) is 10.8. The van der Waals surface area contributed by atoms with Gasteiger partial charge >= 0.3 is 0 Å². The summed E-state index contributed by atoms with van der Waals surface area (Å²) in [5.74, 6) is 1.44. The van der Waals surface area contributed by atoms with Crippen LogP contribution in [0.25, 0.3) is 10.9 Å². The van der Waals surface area contributed by atoms with E-state index in [0.29, 0.717) is 33.1 Å². The highest BCUT2D eigenvalue weighted by atomic mass is 32.2. The summed E-state index contributed by atoms with van der Waals surface area (Å²) in [6.45, 7) is 0. The molecule has 0 aliphatic rings. The molecule has 0 saturated heterocycles. The monoisotopic (exact) mass is 372 g/mol. The van der Waals surface area contributed by atoms with E-state index in [4.69, 9.17) is 9.47 Å². The second-order valence-electron chi connectivity index (χ2n) is 5.59. The van der Waals surface area contributed by atoms with Gasteiger partial charge in [-0.3, -0.25) is 0 Å². The number of hydrogen-bond acceptors (Lipinski definition) is 7. The minimum atomic E-state index is -2.70. The van der Waals surface area contributed by atoms with E-state index in [1.807, 2.05) is 25.2 Å². The number of ether oxygens (including phenoxy) is 2. The van der Waals surface area contributed by atoms with E-state index in [2.05, 4.69) is 19.6 Å². The van der Waals surface area contributed by atoms with Crippen LogP contribution in [-0.2, 0) is 9.73 Å². The molecule has 8 heteroatoms. The van der Waals surface area contributed by atoms with Gasteiger partial charge in [-0.05, 0) is 24.3 Å². The van der Waals surface area contributed by atoms with Crippen molar-refractivity contribution in [1.29, 1.82) is 0 Å². The molecule has 0 aliphatic heterocycles. The zero-order valence-corrected chi connectivity index (χ0v) is 15.8. The van der Waals surface area contributed by atoms with Crippen molar-refractivity contribution in [2.45, 2.75) is 4.90 Å². The van der Waals surface area contributed by atoms with Crippen LogP contribution in [-0.4, -0.2) is 41.7 Å². The van der Waals surface area contributed by atoms with Crippen molar-refractivity contribution in [2.75, 3.05) is 32.8 Å². The Kier molecular flexibility index (Phi) is 4.94. The van der Waals surface area contributed by atoms with Crippen LogP contribution in [0.1, 0.15) is 0 Å². The van der Waals surface area contributed by atoms with Crippen LogP contribution in [0.15, 0.2) is 52.0 Å². The minimum absolute atomic E-state index is 0.346. The van der Waals surface area contributed by atoms with Crippen LogP contribution < -0.4 is 14.8 Å². The normalized spacial score (nSPS) is 13.1. The van der Waals surface area contributed by atoms with Crippen LogP contribution >= 0.6 is 0 Å². The molecule has 0 amide bonds. The number of hydrogen-bond donors (Lipinski definition) is 1. The second kappa shape index (κ2) is 7.17. The fraction of sp³-hybridized carbons (Fsp3) is 0.222. The molecule has 0 aliphatic carbocycles. The minimum Gasteiger partial charge on any atom is -0.493 e. The molecule has 0 fully saturated rings. The highest BCUT2D eigenvalue weighted by molar-refractivity contribution is 7.93. The molecule has 1 unspecified atom stereocenters. The van der Waals surface area contributed by atoms with Gasteiger partial charge in [-0.15, -0.1) is 0 Å². The van der Waals surface area contributed by atoms with Gasteiger partial charge < -0.3 is 14.8 Å². The lowest BCUT2D eigenvalue weighted by atomic mass is 10.2. The number of nitrogens with zero attached hydrogens (tertiary/aromatic N) is 3. The molecule has 1 aromatic heterocycles. The number of anilines is 1. The maximum absolute atomic E-state index is 13.2. The van der Waals surface area contributed by atoms with Crippen molar-refractivity contribution in [3.8, 4) is 11.5 Å². The largest absolute Gasteiger partial charge is 0.493 e. The maximum atomic E-state index is 13.2. The van der Waals surface area contributed by atoms with Crippen molar-refractivity contribution in [3.05, 3.63) is 42.7 Å². The van der Waals surface area contributed by atoms with Crippen LogP contribution in [0.3, 0.4) is 0 Å². The van der Waals surface area contributed by atoms with Crippen LogP contribution in [0, 0.1) is 0 Å². The van der Waals surface area contributed by atoms with Crippen LogP contribution in [0.5, 0.6) is 11.5 Å². The Morgan fingerprint density at radius 3 is 2.50 bits per heavy atom. The van der Waals surface area contributed by atoms with E-state index in [0.717, 1.165) is 5.69 Å². The number of nitrogens with one attached hydrogen (secondary N) is 1. The van der Waals surface area contributed by atoms with Gasteiger partial charge in [0.05, 0.1) is 29.5 Å². The van der Waals surface area contributed by atoms with E-state index in [1.165, 1.54) is 6.33 Å². The average molecular weight is 372 g/mol. The lowest BCUT2D eigenvalue weighted by Crippen LogP contribution is -1.99. The highest BCUT2D eigenvalue weighted by Crippen LogP contribution is 2.35. The van der Waals surface area contributed by atoms with Gasteiger partial charge in [0, 0.05) is 35.3 Å². The first kappa shape index (κ1) is 17.9. The second-order valence-corrected chi connectivity index (χ2v) is 7.85. The molecule has 26 heavy (non-hydrogen) atoms. The van der Waals surface area contributed by atoms with Crippen molar-refractivity contribution in [2.24, 2.45) is 4.36 Å². The van der Waals surface area contributed by atoms with Gasteiger partial charge in [0.2, 0.25) is 0 Å². The first-order valence-corrected chi connectivity index (χ1v) is 9.77. The molecule has 1 heterocycles. The Morgan fingerprint density at radius 1 is 1.08 bits per heavy atom. The van der Waals surface area contributed by atoms with Gasteiger partial charge in [0.15, 0.2) is 17.3 Å². The molecule has 3 rings (SSSR count). The van der Waals surface area contributed by atoms with E-state index >= 15 is 0 Å². The van der Waals surface area contributed by atoms with Crippen molar-refractivity contribution in [3.63, 3.8) is 0 Å². The van der Waals surface area contributed by atoms with Gasteiger partial charge in [0.1, 0.15) is 6.33 Å². The summed E-state index contributed by atoms with van der Waals surface area (Å²) in [5, 5.41) is 3.68. The van der Waals surface area contributed by atoms with Crippen LogP contribution in [0.2, 0.25) is 0 Å². The number of benzene rings is 2. The maximum Gasteiger partial charge on any atom is 0.173 e. The summed E-state index contributed by atoms with van der Waals surface area (Å²) in [7, 11) is 2.22. The van der Waals surface area contributed by atoms with Crippen molar-refractivity contribution in [1.82, 2.24) is 9.97 Å². The molecule has 0 spiro atoms. The van der Waals surface area contributed by atoms with Crippen molar-refractivity contribution < 1.29 is 13.7 Å². The third-order valence-electron chi connectivity index (χ3n) is 3.94. The van der Waals surface area contributed by atoms with E-state index < -0.39 is 9.73 Å². The zero-order valence-electron chi connectivity index (χ0n) is 15.0. The summed E-state index contributed by atoms with van der Waals surface area (Å²) < 4.78 is 28.3. The average Bonchev–Trinajstić information content (AvgIpc) is 2.67. The Labute approximate surface area is 152 Å². The lowest BCUT2D eigenvalue weighted by molar-refractivity contribution is 0.356. The number of methoxy groups -OCH3 is 2. The smallest absolute Gasteiger partial charge is 0.173 e. The Bertz CT molecular complexity index is 1080. The number of aromatic nitrogens is 2. The third kappa shape index (κ3) is 3.41. The summed E-state index contributed by atoms with van der Waals surface area (Å²) in [6.07, 6.45) is 2.99. The highest BCUT2D eigenvalue weighted by Gasteiger charge is 2.13. The molecule has 3 aromatic rings. The molecular weight excluding hydrogens is 352 g/mol. The van der Waals surface area contributed by atoms with E-state index in [-0.39, 0.29) is 0 Å². The molecular formula is C18H20N4O3S. The van der Waals surface area contributed by atoms with Crippen molar-refractivity contribution >= 4 is 32.1 Å². The van der Waals surface area contributed by atoms with Gasteiger partial charge in [-0.1, -0.05) is 6.07 Å². The Balaban J connectivity index is 2.21. The number of fused-ring (bicyclic) bond motifs is 1. The third-order valence-corrected chi connectivity index (χ3v) is 5.59. The van der Waals surface area contributed by atoms with E-state index in [9.17, 15) is 4.21 Å². The first-order valence-electron chi connectivity index (χ1n) is 7.85. The molecule has 7 nitrogen and oxygen atoms in total. The molecule has 2 aromatic carbocycles. The Morgan fingerprint density at radius 2 is 1.81 bits per heavy atom. The summed E-state index contributed by atoms with van der Waals surface area (Å²) in [5.41, 5.74) is 1.50. The fourth-order valence-electron chi connectivity index (χ4n) is 2.55. The predicted octanol–water partition coefficient (Wildman–Crippen LogP) is 3.48. The topological polar surface area (TPSA) is 85.7 Å². The van der Waals surface area contributed by atoms with Gasteiger partial charge in [-0.2, -0.15) is 4.36 Å². The first-order chi connectivity index (χ1) is 12.5. The zero-order chi connectivity index (χ0) is 18.7. The summed E-state index contributed by atoms with van der Waals surface area (Å²) >= 11 is 0. The molecule has 0 saturated carbocycles.